The Kier molecular flexibility index (Phi) is 4.71. The molecule has 120 valence electrons. The van der Waals surface area contributed by atoms with Crippen LogP contribution in [0.25, 0.3) is 0 Å². The van der Waals surface area contributed by atoms with Crippen molar-refractivity contribution in [1.29, 1.82) is 0 Å². The standard InChI is InChI=1S/C17H19FN4O/c18-15-3-1-14(2-4-15)13-20-17(23)22-11-9-21(10-12-22)16-5-7-19-8-6-16/h1-8H,9-13H2,(H,20,23). The summed E-state index contributed by atoms with van der Waals surface area (Å²) in [6.45, 7) is 3.36. The van der Waals surface area contributed by atoms with Crippen LogP contribution in [0.15, 0.2) is 48.8 Å². The molecule has 2 amide bonds. The van der Waals surface area contributed by atoms with Gasteiger partial charge in [0.1, 0.15) is 5.82 Å². The number of amides is 2. The summed E-state index contributed by atoms with van der Waals surface area (Å²) < 4.78 is 12.8. The number of hydrogen-bond donors (Lipinski definition) is 1. The molecule has 1 N–H and O–H groups in total. The van der Waals surface area contributed by atoms with Gasteiger partial charge >= 0.3 is 6.03 Å². The van der Waals surface area contributed by atoms with Crippen molar-refractivity contribution < 1.29 is 9.18 Å². The van der Waals surface area contributed by atoms with Crippen molar-refractivity contribution in [3.63, 3.8) is 0 Å². The Hall–Kier alpha value is -2.63. The fraction of sp³-hybridized carbons (Fsp3) is 0.294. The lowest BCUT2D eigenvalue weighted by atomic mass is 10.2. The van der Waals surface area contributed by atoms with Crippen molar-refractivity contribution in [2.24, 2.45) is 0 Å². The van der Waals surface area contributed by atoms with Crippen molar-refractivity contribution in [2.45, 2.75) is 6.54 Å². The molecule has 2 aromatic rings. The van der Waals surface area contributed by atoms with Crippen LogP contribution in [0.4, 0.5) is 14.9 Å². The molecule has 0 atom stereocenters. The zero-order valence-corrected chi connectivity index (χ0v) is 12.8. The first-order valence-electron chi connectivity index (χ1n) is 7.64. The van der Waals surface area contributed by atoms with Gasteiger partial charge in [0.25, 0.3) is 0 Å². The monoisotopic (exact) mass is 314 g/mol. The molecule has 3 rings (SSSR count). The molecule has 2 heterocycles. The van der Waals surface area contributed by atoms with E-state index in [1.54, 1.807) is 29.4 Å². The number of hydrogen-bond acceptors (Lipinski definition) is 3. The van der Waals surface area contributed by atoms with Gasteiger partial charge in [0.2, 0.25) is 0 Å². The Balaban J connectivity index is 1.47. The van der Waals surface area contributed by atoms with Crippen LogP contribution in [0.3, 0.4) is 0 Å². The zero-order valence-electron chi connectivity index (χ0n) is 12.8. The maximum atomic E-state index is 12.8. The van der Waals surface area contributed by atoms with Crippen LogP contribution in [0, 0.1) is 5.82 Å². The van der Waals surface area contributed by atoms with Gasteiger partial charge in [-0.3, -0.25) is 4.98 Å². The van der Waals surface area contributed by atoms with Crippen LogP contribution in [0.2, 0.25) is 0 Å². The number of pyridine rings is 1. The average Bonchev–Trinajstić information content (AvgIpc) is 2.62. The minimum atomic E-state index is -0.271. The van der Waals surface area contributed by atoms with Gasteiger partial charge in [-0.1, -0.05) is 12.1 Å². The van der Waals surface area contributed by atoms with Crippen molar-refractivity contribution >= 4 is 11.7 Å². The number of rotatable bonds is 3. The number of carbonyl (C=O) groups excluding carboxylic acids is 1. The summed E-state index contributed by atoms with van der Waals surface area (Å²) >= 11 is 0. The third kappa shape index (κ3) is 3.97. The molecule has 0 spiro atoms. The topological polar surface area (TPSA) is 48.5 Å². The highest BCUT2D eigenvalue weighted by Gasteiger charge is 2.20. The number of nitrogens with zero attached hydrogens (tertiary/aromatic N) is 3. The Bertz CT molecular complexity index is 639. The van der Waals surface area contributed by atoms with Crippen molar-refractivity contribution in [3.8, 4) is 0 Å². The van der Waals surface area contributed by atoms with E-state index in [0.29, 0.717) is 19.6 Å². The van der Waals surface area contributed by atoms with E-state index in [4.69, 9.17) is 0 Å². The smallest absolute Gasteiger partial charge is 0.317 e. The van der Waals surface area contributed by atoms with Crippen LogP contribution in [-0.4, -0.2) is 42.1 Å². The van der Waals surface area contributed by atoms with Crippen molar-refractivity contribution in [1.82, 2.24) is 15.2 Å². The minimum Gasteiger partial charge on any atom is -0.368 e. The summed E-state index contributed by atoms with van der Waals surface area (Å²) in [5.41, 5.74) is 2.02. The predicted octanol–water partition coefficient (Wildman–Crippen LogP) is 2.25. The summed E-state index contributed by atoms with van der Waals surface area (Å²) in [4.78, 5) is 20.3. The molecule has 1 fully saturated rings. The molecule has 0 bridgehead atoms. The molecule has 1 aromatic heterocycles. The Morgan fingerprint density at radius 2 is 1.70 bits per heavy atom. The SMILES string of the molecule is O=C(NCc1ccc(F)cc1)N1CCN(c2ccncc2)CC1. The molecule has 6 heteroatoms. The number of urea groups is 1. The Morgan fingerprint density at radius 3 is 2.35 bits per heavy atom. The molecule has 1 aromatic carbocycles. The zero-order chi connectivity index (χ0) is 16.1. The number of piperazine rings is 1. The van der Waals surface area contributed by atoms with Crippen LogP contribution in [-0.2, 0) is 6.54 Å². The first kappa shape index (κ1) is 15.3. The molecule has 5 nitrogen and oxygen atoms in total. The lowest BCUT2D eigenvalue weighted by Gasteiger charge is -2.36. The number of nitrogens with one attached hydrogen (secondary N) is 1. The highest BCUT2D eigenvalue weighted by Crippen LogP contribution is 2.14. The lowest BCUT2D eigenvalue weighted by molar-refractivity contribution is 0.194. The van der Waals surface area contributed by atoms with Gasteiger partial charge in [0.15, 0.2) is 0 Å². The maximum Gasteiger partial charge on any atom is 0.317 e. The van der Waals surface area contributed by atoms with Gasteiger partial charge in [-0.15, -0.1) is 0 Å². The maximum absolute atomic E-state index is 12.8. The van der Waals surface area contributed by atoms with Crippen LogP contribution in [0.5, 0.6) is 0 Å². The van der Waals surface area contributed by atoms with E-state index in [9.17, 15) is 9.18 Å². The van der Waals surface area contributed by atoms with E-state index in [1.807, 2.05) is 12.1 Å². The van der Waals surface area contributed by atoms with E-state index < -0.39 is 0 Å². The van der Waals surface area contributed by atoms with E-state index >= 15 is 0 Å². The van der Waals surface area contributed by atoms with E-state index in [1.165, 1.54) is 12.1 Å². The second-order valence-corrected chi connectivity index (χ2v) is 5.46. The Morgan fingerprint density at radius 1 is 1.04 bits per heavy atom. The number of halogens is 1. The van der Waals surface area contributed by atoms with Crippen LogP contribution >= 0.6 is 0 Å². The van der Waals surface area contributed by atoms with Crippen molar-refractivity contribution in [3.05, 3.63) is 60.2 Å². The first-order valence-corrected chi connectivity index (χ1v) is 7.64. The molecule has 1 saturated heterocycles. The number of aromatic nitrogens is 1. The first-order chi connectivity index (χ1) is 11.2. The Labute approximate surface area is 134 Å². The average molecular weight is 314 g/mol. The number of anilines is 1. The molecule has 0 radical (unpaired) electrons. The third-order valence-corrected chi connectivity index (χ3v) is 3.95. The molecular formula is C17H19FN4O. The summed E-state index contributed by atoms with van der Waals surface area (Å²) in [5, 5.41) is 2.88. The van der Waals surface area contributed by atoms with Gasteiger partial charge in [-0.2, -0.15) is 0 Å². The van der Waals surface area contributed by atoms with Gasteiger partial charge in [0.05, 0.1) is 0 Å². The normalized spacial score (nSPS) is 14.7. The van der Waals surface area contributed by atoms with Crippen LogP contribution in [0.1, 0.15) is 5.56 Å². The van der Waals surface area contributed by atoms with E-state index in [-0.39, 0.29) is 11.8 Å². The lowest BCUT2D eigenvalue weighted by Crippen LogP contribution is -2.51. The second-order valence-electron chi connectivity index (χ2n) is 5.46. The third-order valence-electron chi connectivity index (χ3n) is 3.95. The minimum absolute atomic E-state index is 0.0799. The summed E-state index contributed by atoms with van der Waals surface area (Å²) in [6, 6.07) is 10.0. The van der Waals surface area contributed by atoms with Crippen LogP contribution < -0.4 is 10.2 Å². The van der Waals surface area contributed by atoms with E-state index in [2.05, 4.69) is 15.2 Å². The van der Waals surface area contributed by atoms with Gasteiger partial charge < -0.3 is 15.1 Å². The number of carbonyl (C=O) groups is 1. The van der Waals surface area contributed by atoms with E-state index in [0.717, 1.165) is 24.3 Å². The molecular weight excluding hydrogens is 295 g/mol. The number of benzene rings is 1. The predicted molar refractivity (Wildman–Crippen MR) is 86.7 cm³/mol. The molecule has 23 heavy (non-hydrogen) atoms. The second kappa shape index (κ2) is 7.09. The fourth-order valence-electron chi connectivity index (χ4n) is 2.61. The molecule has 1 aliphatic rings. The highest BCUT2D eigenvalue weighted by atomic mass is 19.1. The summed E-state index contributed by atoms with van der Waals surface area (Å²) in [6.07, 6.45) is 3.55. The van der Waals surface area contributed by atoms with Gasteiger partial charge in [-0.05, 0) is 29.8 Å². The largest absolute Gasteiger partial charge is 0.368 e. The molecule has 0 saturated carbocycles. The summed E-state index contributed by atoms with van der Waals surface area (Å²) in [5.74, 6) is -0.271. The molecule has 0 unspecified atom stereocenters. The van der Waals surface area contributed by atoms with Gasteiger partial charge in [0, 0.05) is 50.8 Å². The van der Waals surface area contributed by atoms with Crippen molar-refractivity contribution in [2.75, 3.05) is 31.1 Å². The highest BCUT2D eigenvalue weighted by molar-refractivity contribution is 5.74. The quantitative estimate of drug-likeness (QED) is 0.945. The molecule has 1 aliphatic heterocycles. The summed E-state index contributed by atoms with van der Waals surface area (Å²) in [7, 11) is 0. The fourth-order valence-corrected chi connectivity index (χ4v) is 2.61. The van der Waals surface area contributed by atoms with Gasteiger partial charge in [-0.25, -0.2) is 9.18 Å². The molecule has 0 aliphatic carbocycles.